The predicted molar refractivity (Wildman–Crippen MR) is 165 cm³/mol. The van der Waals surface area contributed by atoms with Gasteiger partial charge in [0.25, 0.3) is 5.91 Å². The van der Waals surface area contributed by atoms with E-state index in [0.29, 0.717) is 46.5 Å². The Morgan fingerprint density at radius 2 is 1.57 bits per heavy atom. The van der Waals surface area contributed by atoms with Crippen LogP contribution >= 0.6 is 0 Å². The topological polar surface area (TPSA) is 105 Å². The van der Waals surface area contributed by atoms with Crippen molar-refractivity contribution in [1.29, 1.82) is 0 Å². The molecule has 9 heteroatoms. The molecule has 3 aromatic rings. The Bertz CT molecular complexity index is 1400. The molecule has 42 heavy (non-hydrogen) atoms. The number of aliphatic imine (C=N–C) groups is 1. The molecule has 1 saturated heterocycles. The van der Waals surface area contributed by atoms with Gasteiger partial charge in [-0.1, -0.05) is 20.8 Å². The van der Waals surface area contributed by atoms with Gasteiger partial charge in [-0.05, 0) is 67.1 Å². The molecule has 0 radical (unpaired) electrons. The van der Waals surface area contributed by atoms with E-state index in [2.05, 4.69) is 25.8 Å². The molecule has 2 N–H and O–H groups in total. The lowest BCUT2D eigenvalue weighted by molar-refractivity contribution is 0.0774. The van der Waals surface area contributed by atoms with Crippen molar-refractivity contribution in [2.45, 2.75) is 46.1 Å². The van der Waals surface area contributed by atoms with Crippen LogP contribution in [0.3, 0.4) is 0 Å². The van der Waals surface area contributed by atoms with Gasteiger partial charge in [0.1, 0.15) is 17.2 Å². The summed E-state index contributed by atoms with van der Waals surface area (Å²) in [5, 5.41) is 0. The van der Waals surface area contributed by atoms with E-state index in [0.717, 1.165) is 37.3 Å². The maximum Gasteiger partial charge on any atom is 0.256 e. The minimum Gasteiger partial charge on any atom is -0.497 e. The van der Waals surface area contributed by atoms with E-state index in [1.807, 2.05) is 47.5 Å². The Hall–Kier alpha value is -4.40. The first-order chi connectivity index (χ1) is 20.2. The number of hydrogen-bond donors (Lipinski definition) is 1. The van der Waals surface area contributed by atoms with Gasteiger partial charge in [0.05, 0.1) is 50.9 Å². The Kier molecular flexibility index (Phi) is 9.83. The van der Waals surface area contributed by atoms with Gasteiger partial charge in [0, 0.05) is 24.9 Å². The number of anilines is 1. The summed E-state index contributed by atoms with van der Waals surface area (Å²) in [6.07, 6.45) is 4.94. The van der Waals surface area contributed by atoms with E-state index in [1.54, 1.807) is 39.5 Å². The quantitative estimate of drug-likeness (QED) is 0.277. The Morgan fingerprint density at radius 3 is 2.21 bits per heavy atom. The molecule has 2 aliphatic rings. The zero-order valence-corrected chi connectivity index (χ0v) is 25.3. The van der Waals surface area contributed by atoms with E-state index < -0.39 is 0 Å². The minimum atomic E-state index is 0.0240. The van der Waals surface area contributed by atoms with Crippen molar-refractivity contribution in [2.75, 3.05) is 40.2 Å². The average molecular weight is 576 g/mol. The number of carbonyl (C=O) groups is 1. The van der Waals surface area contributed by atoms with E-state index in [9.17, 15) is 4.79 Å². The molecule has 3 aromatic carbocycles. The third kappa shape index (κ3) is 7.26. The second kappa shape index (κ2) is 13.5. The maximum absolute atomic E-state index is 12.5. The van der Waals surface area contributed by atoms with E-state index in [-0.39, 0.29) is 17.4 Å². The summed E-state index contributed by atoms with van der Waals surface area (Å²) in [5.41, 5.74) is 7.99. The molecular formula is C33H41N3O6. The molecule has 224 valence electrons. The van der Waals surface area contributed by atoms with Gasteiger partial charge < -0.3 is 34.3 Å². The zero-order chi connectivity index (χ0) is 30.3. The van der Waals surface area contributed by atoms with Crippen LogP contribution in [0.15, 0.2) is 59.6 Å². The van der Waals surface area contributed by atoms with Crippen LogP contribution in [0.5, 0.6) is 34.5 Å². The molecule has 2 heterocycles. The molecule has 0 bridgehead atoms. The molecule has 0 saturated carbocycles. The first kappa shape index (κ1) is 30.6. The van der Waals surface area contributed by atoms with Crippen molar-refractivity contribution >= 4 is 23.5 Å². The maximum atomic E-state index is 12.5. The molecule has 1 fully saturated rings. The number of nitrogens with zero attached hydrogens (tertiary/aromatic N) is 2. The number of rotatable bonds is 9. The van der Waals surface area contributed by atoms with Gasteiger partial charge in [0.15, 0.2) is 17.2 Å². The van der Waals surface area contributed by atoms with Crippen molar-refractivity contribution in [2.24, 2.45) is 10.4 Å². The Balaban J connectivity index is 0.000000196. The zero-order valence-electron chi connectivity index (χ0n) is 25.3. The molecule has 1 unspecified atom stereocenters. The number of nitrogens with two attached hydrogens (primary N) is 1. The number of benzene rings is 3. The van der Waals surface area contributed by atoms with Crippen LogP contribution in [-0.4, -0.2) is 57.5 Å². The van der Waals surface area contributed by atoms with Crippen LogP contribution < -0.4 is 29.4 Å². The lowest BCUT2D eigenvalue weighted by Crippen LogP contribution is -2.35. The molecule has 5 rings (SSSR count). The van der Waals surface area contributed by atoms with Crippen LogP contribution in [0.4, 0.5) is 11.4 Å². The van der Waals surface area contributed by atoms with Crippen molar-refractivity contribution in [3.05, 3.63) is 60.2 Å². The summed E-state index contributed by atoms with van der Waals surface area (Å²) in [6, 6.07) is 16.5. The fraction of sp³-hybridized carbons (Fsp3) is 0.394. The fourth-order valence-corrected chi connectivity index (χ4v) is 4.53. The molecule has 0 aliphatic carbocycles. The minimum absolute atomic E-state index is 0.0240. The Morgan fingerprint density at radius 1 is 0.905 bits per heavy atom. The lowest BCUT2D eigenvalue weighted by atomic mass is 9.92. The van der Waals surface area contributed by atoms with Crippen molar-refractivity contribution in [1.82, 2.24) is 4.90 Å². The normalized spacial score (nSPS) is 15.5. The molecule has 1 amide bonds. The third-order valence-corrected chi connectivity index (χ3v) is 7.53. The smallest absolute Gasteiger partial charge is 0.256 e. The molecule has 1 atom stereocenters. The number of fused-ring (bicyclic) bond motifs is 2. The largest absolute Gasteiger partial charge is 0.497 e. The number of methoxy groups -OCH3 is 3. The second-order valence-corrected chi connectivity index (χ2v) is 11.0. The first-order valence-corrected chi connectivity index (χ1v) is 14.1. The van der Waals surface area contributed by atoms with Crippen LogP contribution in [0.25, 0.3) is 0 Å². The second-order valence-electron chi connectivity index (χ2n) is 11.0. The molecule has 2 aliphatic heterocycles. The predicted octanol–water partition coefficient (Wildman–Crippen LogP) is 6.91. The molecule has 0 aromatic heterocycles. The van der Waals surface area contributed by atoms with E-state index >= 15 is 0 Å². The summed E-state index contributed by atoms with van der Waals surface area (Å²) in [7, 11) is 4.77. The van der Waals surface area contributed by atoms with Gasteiger partial charge in [-0.2, -0.15) is 0 Å². The van der Waals surface area contributed by atoms with Crippen LogP contribution in [0.1, 0.15) is 50.4 Å². The summed E-state index contributed by atoms with van der Waals surface area (Å²) >= 11 is 0. The third-order valence-electron chi connectivity index (χ3n) is 7.53. The highest BCUT2D eigenvalue weighted by Crippen LogP contribution is 2.38. The standard InChI is InChI=1S/C19H25NO3.C14H16N2O3/c1-5-19(2,3)13-22-16-10-11-18(17(20)12-16)23-15-8-6-14(21-4)7-9-15;1-18-12-6-10-11(7-13(12)19-2)15-8-9-4-3-5-16(9)14(10)17/h6-12H,5,13,20H2,1-4H3;6-9H,3-5H2,1-2H3. The first-order valence-electron chi connectivity index (χ1n) is 14.1. The van der Waals surface area contributed by atoms with E-state index in [4.69, 9.17) is 29.4 Å². The van der Waals surface area contributed by atoms with Crippen molar-refractivity contribution < 1.29 is 28.5 Å². The SMILES string of the molecule is CCC(C)(C)COc1ccc(Oc2ccc(OC)cc2)c(N)c1.COc1cc2c(cc1OC)C(=O)N1CCCC1C=N2. The average Bonchev–Trinajstić information content (AvgIpc) is 3.44. The number of amides is 1. The highest BCUT2D eigenvalue weighted by Gasteiger charge is 2.32. The Labute approximate surface area is 248 Å². The van der Waals surface area contributed by atoms with Gasteiger partial charge in [-0.15, -0.1) is 0 Å². The summed E-state index contributed by atoms with van der Waals surface area (Å²) in [4.78, 5) is 18.9. The van der Waals surface area contributed by atoms with Gasteiger partial charge >= 0.3 is 0 Å². The lowest BCUT2D eigenvalue weighted by Gasteiger charge is -2.23. The van der Waals surface area contributed by atoms with Gasteiger partial charge in [0.2, 0.25) is 0 Å². The number of hydrogen-bond acceptors (Lipinski definition) is 8. The number of ether oxygens (including phenoxy) is 5. The summed E-state index contributed by atoms with van der Waals surface area (Å²) < 4.78 is 27.2. The highest BCUT2D eigenvalue weighted by molar-refractivity contribution is 6.03. The van der Waals surface area contributed by atoms with Crippen molar-refractivity contribution in [3.63, 3.8) is 0 Å². The van der Waals surface area contributed by atoms with Crippen LogP contribution in [0, 0.1) is 5.41 Å². The monoisotopic (exact) mass is 575 g/mol. The van der Waals surface area contributed by atoms with Crippen molar-refractivity contribution in [3.8, 4) is 34.5 Å². The molecule has 0 spiro atoms. The number of carbonyl (C=O) groups excluding carboxylic acids is 1. The number of nitrogen functional groups attached to an aromatic ring is 1. The fourth-order valence-electron chi connectivity index (χ4n) is 4.53. The molecule has 9 nitrogen and oxygen atoms in total. The van der Waals surface area contributed by atoms with Crippen LogP contribution in [0.2, 0.25) is 0 Å². The van der Waals surface area contributed by atoms with Crippen LogP contribution in [-0.2, 0) is 0 Å². The van der Waals surface area contributed by atoms with Gasteiger partial charge in [-0.25, -0.2) is 0 Å². The summed E-state index contributed by atoms with van der Waals surface area (Å²) in [5.74, 6) is 4.03. The summed E-state index contributed by atoms with van der Waals surface area (Å²) in [6.45, 7) is 7.96. The van der Waals surface area contributed by atoms with E-state index in [1.165, 1.54) is 0 Å². The molecular weight excluding hydrogens is 534 g/mol. The highest BCUT2D eigenvalue weighted by atomic mass is 16.5. The van der Waals surface area contributed by atoms with Gasteiger partial charge in [-0.3, -0.25) is 9.79 Å².